The molecule has 0 spiro atoms. The summed E-state index contributed by atoms with van der Waals surface area (Å²) in [5, 5.41) is 15.4. The number of ether oxygens (including phenoxy) is 2. The molecule has 68 heavy (non-hydrogen) atoms. The molecule has 0 aliphatic carbocycles. The first-order valence-corrected chi connectivity index (χ1v) is 30.3. The van der Waals surface area contributed by atoms with Crippen molar-refractivity contribution in [3.63, 3.8) is 0 Å². The molecule has 5 aromatic rings. The van der Waals surface area contributed by atoms with Gasteiger partial charge >= 0.3 is 0 Å². The molecule has 1 N–H and O–H groups in total. The van der Waals surface area contributed by atoms with E-state index in [4.69, 9.17) is 18.3 Å². The first kappa shape index (κ1) is 54.9. The third-order valence-corrected chi connectivity index (χ3v) is 23.9. The molecule has 0 heterocycles. The Bertz CT molecular complexity index is 1990. The van der Waals surface area contributed by atoms with Gasteiger partial charge in [-0.15, -0.1) is 0 Å². The standard InChI is InChI=1S/C61H88O5Si2/c1-60(2,3)67(55-37-25-21-26-38-55,56-39-27-22-28-40-56)65-49-35-19-15-11-7-9-13-17-33-47-63-54-46-45-53(52-62)59(51-54)64-48-34-18-14-10-8-12-16-20-36-50-66-68(61(4,5)6,57-41-29-23-30-42-57)58-43-31-24-32-44-58/h21-32,37-46,51,62H,7-20,33-36,47-50,52H2,1-6H3. The second-order valence-electron chi connectivity index (χ2n) is 21.0. The molecule has 5 rings (SSSR count). The zero-order chi connectivity index (χ0) is 48.4. The SMILES string of the molecule is CC(C)(C)[Si](OCCCCCCCCCCCOc1ccc(CO)c(OCCCCCCCCCCCO[Si](c2ccccc2)(c2ccccc2)C(C)(C)C)c1)(c1ccccc1)c1ccccc1. The molecule has 0 fully saturated rings. The zero-order valence-corrected chi connectivity index (χ0v) is 45.1. The normalized spacial score (nSPS) is 12.3. The van der Waals surface area contributed by atoms with E-state index < -0.39 is 16.6 Å². The van der Waals surface area contributed by atoms with E-state index in [2.05, 4.69) is 163 Å². The molecule has 0 amide bonds. The van der Waals surface area contributed by atoms with Crippen LogP contribution in [0.5, 0.6) is 11.5 Å². The molecule has 0 saturated heterocycles. The summed E-state index contributed by atoms with van der Waals surface area (Å²) < 4.78 is 26.5. The number of rotatable bonds is 33. The second kappa shape index (κ2) is 29.3. The molecule has 370 valence electrons. The summed E-state index contributed by atoms with van der Waals surface area (Å²) in [5.74, 6) is 1.57. The molecule has 0 atom stereocenters. The van der Waals surface area contributed by atoms with Gasteiger partial charge < -0.3 is 23.4 Å². The van der Waals surface area contributed by atoms with Crippen molar-refractivity contribution in [2.75, 3.05) is 26.4 Å². The molecule has 0 aliphatic rings. The largest absolute Gasteiger partial charge is 0.493 e. The van der Waals surface area contributed by atoms with Gasteiger partial charge in [-0.2, -0.15) is 0 Å². The van der Waals surface area contributed by atoms with Crippen LogP contribution in [0.3, 0.4) is 0 Å². The van der Waals surface area contributed by atoms with Gasteiger partial charge in [0.2, 0.25) is 0 Å². The Morgan fingerprint density at radius 3 is 0.956 bits per heavy atom. The van der Waals surface area contributed by atoms with E-state index in [9.17, 15) is 5.11 Å². The van der Waals surface area contributed by atoms with Gasteiger partial charge in [-0.05, 0) is 68.6 Å². The van der Waals surface area contributed by atoms with Crippen molar-refractivity contribution < 1.29 is 23.4 Å². The summed E-state index contributed by atoms with van der Waals surface area (Å²) in [5.41, 5.74) is 0.820. The topological polar surface area (TPSA) is 57.2 Å². The zero-order valence-electron chi connectivity index (χ0n) is 43.1. The van der Waals surface area contributed by atoms with E-state index >= 15 is 0 Å². The quantitative estimate of drug-likeness (QED) is 0.0335. The van der Waals surface area contributed by atoms with Crippen molar-refractivity contribution in [2.24, 2.45) is 0 Å². The monoisotopic (exact) mass is 957 g/mol. The molecule has 7 heteroatoms. The maximum absolute atomic E-state index is 9.96. The number of hydrogen-bond donors (Lipinski definition) is 1. The van der Waals surface area contributed by atoms with Crippen LogP contribution < -0.4 is 30.2 Å². The van der Waals surface area contributed by atoms with Gasteiger partial charge in [0.15, 0.2) is 0 Å². The summed E-state index contributed by atoms with van der Waals surface area (Å²) in [6.45, 7) is 17.1. The van der Waals surface area contributed by atoms with Crippen molar-refractivity contribution in [1.82, 2.24) is 0 Å². The van der Waals surface area contributed by atoms with E-state index in [-0.39, 0.29) is 16.7 Å². The van der Waals surface area contributed by atoms with E-state index in [1.54, 1.807) is 0 Å². The average Bonchev–Trinajstić information content (AvgIpc) is 3.34. The highest BCUT2D eigenvalue weighted by Gasteiger charge is 2.51. The molecular weight excluding hydrogens is 869 g/mol. The Hall–Kier alpha value is -3.99. The maximum atomic E-state index is 9.96. The number of benzene rings is 5. The summed E-state index contributed by atoms with van der Waals surface area (Å²) in [6.07, 6.45) is 21.8. The maximum Gasteiger partial charge on any atom is 0.261 e. The third-order valence-electron chi connectivity index (χ3n) is 13.8. The number of aliphatic hydroxyl groups is 1. The summed E-state index contributed by atoms with van der Waals surface area (Å²) in [4.78, 5) is 0. The van der Waals surface area contributed by atoms with Crippen molar-refractivity contribution in [1.29, 1.82) is 0 Å². The van der Waals surface area contributed by atoms with Crippen LogP contribution in [0.2, 0.25) is 10.1 Å². The Morgan fingerprint density at radius 1 is 0.353 bits per heavy atom. The van der Waals surface area contributed by atoms with Crippen molar-refractivity contribution in [3.8, 4) is 11.5 Å². The molecule has 5 nitrogen and oxygen atoms in total. The minimum absolute atomic E-state index is 0.0241. The van der Waals surface area contributed by atoms with Gasteiger partial charge in [-0.1, -0.05) is 253 Å². The smallest absolute Gasteiger partial charge is 0.261 e. The van der Waals surface area contributed by atoms with Gasteiger partial charge in [-0.3, -0.25) is 0 Å². The molecule has 0 aliphatic heterocycles. The first-order valence-electron chi connectivity index (χ1n) is 26.5. The lowest BCUT2D eigenvalue weighted by atomic mass is 10.1. The van der Waals surface area contributed by atoms with Crippen LogP contribution in [0.15, 0.2) is 140 Å². The van der Waals surface area contributed by atoms with Gasteiger partial charge in [0.25, 0.3) is 16.6 Å². The predicted molar refractivity (Wildman–Crippen MR) is 294 cm³/mol. The average molecular weight is 958 g/mol. The second-order valence-corrected chi connectivity index (χ2v) is 29.6. The molecule has 5 aromatic carbocycles. The van der Waals surface area contributed by atoms with Gasteiger partial charge in [-0.25, -0.2) is 0 Å². The van der Waals surface area contributed by atoms with Gasteiger partial charge in [0.05, 0.1) is 19.8 Å². The highest BCUT2D eigenvalue weighted by atomic mass is 28.4. The van der Waals surface area contributed by atoms with Crippen LogP contribution in [-0.2, 0) is 15.5 Å². The Balaban J connectivity index is 0.873. The fourth-order valence-electron chi connectivity index (χ4n) is 10.1. The van der Waals surface area contributed by atoms with Crippen LogP contribution in [0.4, 0.5) is 0 Å². The Kier molecular flexibility index (Phi) is 23.6. The Labute approximate surface area is 415 Å². The van der Waals surface area contributed by atoms with E-state index in [1.807, 2.05) is 18.2 Å². The first-order chi connectivity index (χ1) is 33.0. The molecular formula is C61H88O5Si2. The van der Waals surface area contributed by atoms with Crippen molar-refractivity contribution >= 4 is 37.4 Å². The third kappa shape index (κ3) is 16.3. The van der Waals surface area contributed by atoms with Crippen molar-refractivity contribution in [3.05, 3.63) is 145 Å². The lowest BCUT2D eigenvalue weighted by Crippen LogP contribution is -2.66. The lowest BCUT2D eigenvalue weighted by Gasteiger charge is -2.43. The van der Waals surface area contributed by atoms with Crippen molar-refractivity contribution in [2.45, 2.75) is 174 Å². The summed E-state index contributed by atoms with van der Waals surface area (Å²) in [7, 11) is -4.88. The van der Waals surface area contributed by atoms with E-state index in [0.29, 0.717) is 13.2 Å². The minimum atomic E-state index is -2.44. The molecule has 0 bridgehead atoms. The van der Waals surface area contributed by atoms with Gasteiger partial charge in [0.1, 0.15) is 11.5 Å². The number of unbranched alkanes of at least 4 members (excludes halogenated alkanes) is 16. The highest BCUT2D eigenvalue weighted by Crippen LogP contribution is 2.38. The van der Waals surface area contributed by atoms with E-state index in [0.717, 1.165) is 62.4 Å². The lowest BCUT2D eigenvalue weighted by molar-refractivity contribution is 0.257. The van der Waals surface area contributed by atoms with E-state index in [1.165, 1.54) is 104 Å². The predicted octanol–water partition coefficient (Wildman–Crippen LogP) is 14.1. The van der Waals surface area contributed by atoms with Crippen LogP contribution in [0.1, 0.15) is 163 Å². The van der Waals surface area contributed by atoms with Crippen LogP contribution in [0.25, 0.3) is 0 Å². The Morgan fingerprint density at radius 2 is 0.647 bits per heavy atom. The fraction of sp³-hybridized carbons (Fsp3) is 0.508. The van der Waals surface area contributed by atoms with Gasteiger partial charge in [0, 0.05) is 24.8 Å². The summed E-state index contributed by atoms with van der Waals surface area (Å²) in [6, 6.07) is 49.8. The van der Waals surface area contributed by atoms with Crippen LogP contribution >= 0.6 is 0 Å². The highest BCUT2D eigenvalue weighted by molar-refractivity contribution is 7.00. The molecule has 0 saturated carbocycles. The number of hydrogen-bond acceptors (Lipinski definition) is 5. The summed E-state index contributed by atoms with van der Waals surface area (Å²) >= 11 is 0. The van der Waals surface area contributed by atoms with Crippen LogP contribution in [0, 0.1) is 0 Å². The fourth-order valence-corrected chi connectivity index (χ4v) is 19.3. The minimum Gasteiger partial charge on any atom is -0.493 e. The number of aliphatic hydroxyl groups excluding tert-OH is 1. The molecule has 0 radical (unpaired) electrons. The molecule has 0 unspecified atom stereocenters. The molecule has 0 aromatic heterocycles. The van der Waals surface area contributed by atoms with Crippen LogP contribution in [-0.4, -0.2) is 48.2 Å².